The van der Waals surface area contributed by atoms with Gasteiger partial charge in [0.1, 0.15) is 0 Å². The molecule has 0 radical (unpaired) electrons. The van der Waals surface area contributed by atoms with Gasteiger partial charge >= 0.3 is 5.97 Å². The minimum atomic E-state index is -0.990. The Labute approximate surface area is 184 Å². The number of nitriles is 1. The molecule has 1 heterocycles. The maximum absolute atomic E-state index is 12.6. The lowest BCUT2D eigenvalue weighted by molar-refractivity contribution is -0.136. The number of hydrogen-bond acceptors (Lipinski definition) is 4. The highest BCUT2D eigenvalue weighted by Gasteiger charge is 2.20. The molecule has 32 heavy (non-hydrogen) atoms. The number of aliphatic imine (C=N–C) groups is 1. The van der Waals surface area contributed by atoms with E-state index in [9.17, 15) is 20.0 Å². The third kappa shape index (κ3) is 4.72. The van der Waals surface area contributed by atoms with Crippen molar-refractivity contribution in [2.75, 3.05) is 5.32 Å². The largest absolute Gasteiger partial charge is 0.481 e. The van der Waals surface area contributed by atoms with Crippen molar-refractivity contribution in [2.45, 2.75) is 12.8 Å². The second-order valence-corrected chi connectivity index (χ2v) is 7.19. The zero-order valence-corrected chi connectivity index (χ0v) is 16.9. The minimum absolute atomic E-state index is 0.0306. The SMILES string of the molecule is N#Cc1cccc(C2=Nc3cc(CC(=O)O)c(C#Cc4ccccc4)cc3NC(=O)C2)c1. The molecule has 1 aliphatic heterocycles. The molecule has 1 aliphatic rings. The summed E-state index contributed by atoms with van der Waals surface area (Å²) in [4.78, 5) is 28.7. The van der Waals surface area contributed by atoms with Crippen LogP contribution in [-0.4, -0.2) is 22.7 Å². The van der Waals surface area contributed by atoms with Crippen molar-refractivity contribution in [1.29, 1.82) is 5.26 Å². The van der Waals surface area contributed by atoms with Crippen molar-refractivity contribution in [3.05, 3.63) is 94.5 Å². The van der Waals surface area contributed by atoms with Gasteiger partial charge in [-0.1, -0.05) is 42.2 Å². The molecule has 2 N–H and O–H groups in total. The van der Waals surface area contributed by atoms with E-state index in [1.165, 1.54) is 0 Å². The molecule has 0 aromatic heterocycles. The summed E-state index contributed by atoms with van der Waals surface area (Å²) in [5.41, 5.74) is 4.37. The molecular weight excluding hydrogens is 402 g/mol. The predicted octanol–water partition coefficient (Wildman–Crippen LogP) is 4.05. The minimum Gasteiger partial charge on any atom is -0.481 e. The second kappa shape index (κ2) is 8.99. The molecule has 0 aliphatic carbocycles. The fraction of sp³-hybridized carbons (Fsp3) is 0.0769. The number of fused-ring (bicyclic) bond motifs is 1. The Morgan fingerprint density at radius 2 is 1.81 bits per heavy atom. The molecule has 154 valence electrons. The van der Waals surface area contributed by atoms with Gasteiger partial charge in [0.05, 0.1) is 41.6 Å². The highest BCUT2D eigenvalue weighted by molar-refractivity contribution is 6.17. The third-order valence-electron chi connectivity index (χ3n) is 4.86. The number of nitrogens with one attached hydrogen (secondary N) is 1. The van der Waals surface area contributed by atoms with E-state index in [1.54, 1.807) is 36.4 Å². The molecule has 0 fully saturated rings. The van der Waals surface area contributed by atoms with Gasteiger partial charge < -0.3 is 10.4 Å². The lowest BCUT2D eigenvalue weighted by Gasteiger charge is -2.09. The van der Waals surface area contributed by atoms with E-state index in [2.05, 4.69) is 28.2 Å². The van der Waals surface area contributed by atoms with Crippen LogP contribution in [-0.2, 0) is 16.0 Å². The summed E-state index contributed by atoms with van der Waals surface area (Å²) in [6.07, 6.45) is -0.197. The number of anilines is 1. The Bertz CT molecular complexity index is 1360. The van der Waals surface area contributed by atoms with Crippen molar-refractivity contribution in [1.82, 2.24) is 0 Å². The van der Waals surface area contributed by atoms with Gasteiger partial charge in [-0.2, -0.15) is 5.26 Å². The van der Waals surface area contributed by atoms with Gasteiger partial charge in [0.25, 0.3) is 0 Å². The zero-order chi connectivity index (χ0) is 22.5. The molecule has 0 unspecified atom stereocenters. The summed E-state index contributed by atoms with van der Waals surface area (Å²) < 4.78 is 0. The van der Waals surface area contributed by atoms with Crippen LogP contribution >= 0.6 is 0 Å². The fourth-order valence-corrected chi connectivity index (χ4v) is 3.38. The highest BCUT2D eigenvalue weighted by Crippen LogP contribution is 2.32. The van der Waals surface area contributed by atoms with Crippen LogP contribution in [0.2, 0.25) is 0 Å². The molecule has 6 heteroatoms. The number of hydrogen-bond donors (Lipinski definition) is 2. The van der Waals surface area contributed by atoms with Crippen molar-refractivity contribution < 1.29 is 14.7 Å². The Morgan fingerprint density at radius 3 is 2.56 bits per heavy atom. The van der Waals surface area contributed by atoms with E-state index >= 15 is 0 Å². The first kappa shape index (κ1) is 20.6. The molecule has 0 atom stereocenters. The molecule has 0 saturated heterocycles. The summed E-state index contributed by atoms with van der Waals surface area (Å²) in [6, 6.07) is 21.6. The van der Waals surface area contributed by atoms with Gasteiger partial charge in [-0.3, -0.25) is 14.6 Å². The van der Waals surface area contributed by atoms with Gasteiger partial charge in [-0.25, -0.2) is 0 Å². The highest BCUT2D eigenvalue weighted by atomic mass is 16.4. The van der Waals surface area contributed by atoms with Crippen LogP contribution in [0.25, 0.3) is 0 Å². The van der Waals surface area contributed by atoms with Crippen LogP contribution in [0.15, 0.2) is 71.7 Å². The average molecular weight is 419 g/mol. The Balaban J connectivity index is 1.82. The van der Waals surface area contributed by atoms with Gasteiger partial charge in [-0.05, 0) is 47.5 Å². The van der Waals surface area contributed by atoms with Crippen molar-refractivity contribution in [2.24, 2.45) is 4.99 Å². The first-order chi connectivity index (χ1) is 15.5. The van der Waals surface area contributed by atoms with E-state index in [0.29, 0.717) is 39.3 Å². The van der Waals surface area contributed by atoms with Gasteiger partial charge in [0.2, 0.25) is 5.91 Å². The van der Waals surface area contributed by atoms with Crippen molar-refractivity contribution in [3.63, 3.8) is 0 Å². The first-order valence-electron chi connectivity index (χ1n) is 9.85. The Morgan fingerprint density at radius 1 is 1.03 bits per heavy atom. The Hall–Kier alpha value is -4.68. The summed E-state index contributed by atoms with van der Waals surface area (Å²) in [7, 11) is 0. The lowest BCUT2D eigenvalue weighted by Crippen LogP contribution is -2.15. The monoisotopic (exact) mass is 419 g/mol. The van der Waals surface area contributed by atoms with Crippen molar-refractivity contribution in [3.8, 4) is 17.9 Å². The number of carboxylic acids is 1. The maximum atomic E-state index is 12.6. The molecule has 1 amide bonds. The topological polar surface area (TPSA) is 103 Å². The first-order valence-corrected chi connectivity index (χ1v) is 9.85. The van der Waals surface area contributed by atoms with Gasteiger partial charge in [-0.15, -0.1) is 0 Å². The summed E-state index contributed by atoms with van der Waals surface area (Å²) in [5, 5.41) is 21.4. The number of carbonyl (C=O) groups is 2. The van der Waals surface area contributed by atoms with E-state index in [0.717, 1.165) is 5.56 Å². The zero-order valence-electron chi connectivity index (χ0n) is 16.9. The number of nitrogens with zero attached hydrogens (tertiary/aromatic N) is 2. The van der Waals surface area contributed by atoms with Crippen LogP contribution in [0.3, 0.4) is 0 Å². The van der Waals surface area contributed by atoms with Gasteiger partial charge in [0.15, 0.2) is 0 Å². The van der Waals surface area contributed by atoms with Gasteiger partial charge in [0, 0.05) is 11.1 Å². The third-order valence-corrected chi connectivity index (χ3v) is 4.86. The standard InChI is InChI=1S/C26H17N3O3/c27-16-18-7-4-8-20(11-18)22-15-25(30)29-24-12-19(10-9-17-5-2-1-3-6-17)21(14-26(31)32)13-23(24)28-22/h1-8,11-13H,14-15H2,(H,29,30)(H,31,32). The maximum Gasteiger partial charge on any atom is 0.307 e. The van der Waals surface area contributed by atoms with E-state index in [-0.39, 0.29) is 18.7 Å². The number of rotatable bonds is 3. The van der Waals surface area contributed by atoms with Crippen LogP contribution < -0.4 is 5.32 Å². The van der Waals surface area contributed by atoms with E-state index in [4.69, 9.17) is 0 Å². The molecule has 3 aromatic carbocycles. The summed E-state index contributed by atoms with van der Waals surface area (Å²) in [6.45, 7) is 0. The Kier molecular flexibility index (Phi) is 5.78. The fourth-order valence-electron chi connectivity index (χ4n) is 3.38. The number of amides is 1. The van der Waals surface area contributed by atoms with Crippen LogP contribution in [0, 0.1) is 23.2 Å². The van der Waals surface area contributed by atoms with Crippen LogP contribution in [0.5, 0.6) is 0 Å². The van der Waals surface area contributed by atoms with Crippen LogP contribution in [0.1, 0.15) is 34.2 Å². The molecule has 3 aromatic rings. The second-order valence-electron chi connectivity index (χ2n) is 7.19. The molecule has 4 rings (SSSR count). The number of benzene rings is 3. The lowest BCUT2D eigenvalue weighted by atomic mass is 10.0. The van der Waals surface area contributed by atoms with Crippen LogP contribution in [0.4, 0.5) is 11.4 Å². The quantitative estimate of drug-likeness (QED) is 0.625. The van der Waals surface area contributed by atoms with Crippen molar-refractivity contribution >= 4 is 29.0 Å². The normalized spacial score (nSPS) is 12.2. The number of carbonyl (C=O) groups excluding carboxylic acids is 1. The molecule has 6 nitrogen and oxygen atoms in total. The summed E-state index contributed by atoms with van der Waals surface area (Å²) >= 11 is 0. The average Bonchev–Trinajstić information content (AvgIpc) is 2.95. The molecule has 0 spiro atoms. The number of carboxylic acid groups (broad SMARTS) is 1. The van der Waals surface area contributed by atoms with E-state index in [1.807, 2.05) is 30.3 Å². The predicted molar refractivity (Wildman–Crippen MR) is 121 cm³/mol. The molecule has 0 bridgehead atoms. The number of aliphatic carboxylic acids is 1. The molecule has 0 saturated carbocycles. The molecular formula is C26H17N3O3. The summed E-state index contributed by atoms with van der Waals surface area (Å²) in [5.74, 6) is 4.82. The smallest absolute Gasteiger partial charge is 0.307 e. The van der Waals surface area contributed by atoms with E-state index < -0.39 is 5.97 Å².